The molecule has 0 aliphatic heterocycles. The molecule has 16 heavy (non-hydrogen) atoms. The molecule has 2 rings (SSSR count). The Morgan fingerprint density at radius 3 is 2.69 bits per heavy atom. The average Bonchev–Trinajstić information content (AvgIpc) is 2.74. The monoisotopic (exact) mass is 232 g/mol. The number of aromatic nitrogens is 1. The van der Waals surface area contributed by atoms with Crippen LogP contribution in [0.15, 0.2) is 40.7 Å². The number of nitrogens with two attached hydrogens (primary N) is 1. The van der Waals surface area contributed by atoms with Crippen LogP contribution in [0, 0.1) is 6.92 Å². The summed E-state index contributed by atoms with van der Waals surface area (Å²) < 4.78 is 0. The second kappa shape index (κ2) is 4.87. The number of nitrogens with one attached hydrogen (secondary N) is 1. The first-order valence-electron chi connectivity index (χ1n) is 4.82. The molecule has 0 saturated carbocycles. The molecule has 0 saturated heterocycles. The van der Waals surface area contributed by atoms with E-state index in [1.165, 1.54) is 0 Å². The summed E-state index contributed by atoms with van der Waals surface area (Å²) in [6.45, 7) is 1.95. The highest BCUT2D eigenvalue weighted by molar-refractivity contribution is 7.09. The Labute approximate surface area is 97.8 Å². The molecule has 0 fully saturated rings. The predicted molar refractivity (Wildman–Crippen MR) is 66.8 cm³/mol. The van der Waals surface area contributed by atoms with Crippen molar-refractivity contribution in [1.82, 2.24) is 10.4 Å². The van der Waals surface area contributed by atoms with Crippen LogP contribution in [0.1, 0.15) is 10.7 Å². The zero-order valence-electron chi connectivity index (χ0n) is 8.84. The summed E-state index contributed by atoms with van der Waals surface area (Å²) in [5, 5.41) is 2.92. The van der Waals surface area contributed by atoms with Crippen LogP contribution < -0.4 is 11.3 Å². The summed E-state index contributed by atoms with van der Waals surface area (Å²) in [6.07, 6.45) is 0. The van der Waals surface area contributed by atoms with Gasteiger partial charge in [-0.1, -0.05) is 18.2 Å². The number of nitrogens with zero attached hydrogens (tertiary/aromatic N) is 2. The smallest absolute Gasteiger partial charge is 0.167 e. The first kappa shape index (κ1) is 10.8. The molecule has 1 heterocycles. The van der Waals surface area contributed by atoms with Crippen LogP contribution in [0.3, 0.4) is 0 Å². The summed E-state index contributed by atoms with van der Waals surface area (Å²) >= 11 is 1.57. The Bertz CT molecular complexity index is 490. The molecule has 2 aromatic rings. The van der Waals surface area contributed by atoms with Gasteiger partial charge in [-0.3, -0.25) is 0 Å². The summed E-state index contributed by atoms with van der Waals surface area (Å²) in [5.74, 6) is 6.02. The molecule has 0 bridgehead atoms. The molecule has 0 atom stereocenters. The van der Waals surface area contributed by atoms with Crippen molar-refractivity contribution in [3.05, 3.63) is 46.4 Å². The van der Waals surface area contributed by atoms with Gasteiger partial charge in [0.05, 0.1) is 10.7 Å². The third-order valence-corrected chi connectivity index (χ3v) is 2.77. The van der Waals surface area contributed by atoms with Gasteiger partial charge in [-0.2, -0.15) is 0 Å². The van der Waals surface area contributed by atoms with Crippen molar-refractivity contribution in [3.63, 3.8) is 0 Å². The highest BCUT2D eigenvalue weighted by Gasteiger charge is 2.05. The SMILES string of the molecule is Cc1nc(C(=Nc2ccccc2)NN)cs1. The number of hydrogen-bond acceptors (Lipinski definition) is 4. The lowest BCUT2D eigenvalue weighted by molar-refractivity contribution is 1.01. The minimum Gasteiger partial charge on any atom is -0.307 e. The topological polar surface area (TPSA) is 63.3 Å². The maximum Gasteiger partial charge on any atom is 0.167 e. The first-order chi connectivity index (χ1) is 7.79. The largest absolute Gasteiger partial charge is 0.307 e. The highest BCUT2D eigenvalue weighted by Crippen LogP contribution is 2.13. The zero-order valence-corrected chi connectivity index (χ0v) is 9.66. The number of para-hydroxylation sites is 1. The van der Waals surface area contributed by atoms with E-state index in [1.807, 2.05) is 42.6 Å². The summed E-state index contributed by atoms with van der Waals surface area (Å²) in [7, 11) is 0. The minimum absolute atomic E-state index is 0.579. The van der Waals surface area contributed by atoms with E-state index in [1.54, 1.807) is 11.3 Å². The second-order valence-electron chi connectivity index (χ2n) is 3.19. The van der Waals surface area contributed by atoms with Crippen molar-refractivity contribution in [2.24, 2.45) is 10.8 Å². The summed E-state index contributed by atoms with van der Waals surface area (Å²) in [4.78, 5) is 8.71. The maximum absolute atomic E-state index is 5.45. The van der Waals surface area contributed by atoms with Gasteiger partial charge in [0.25, 0.3) is 0 Å². The Kier molecular flexibility index (Phi) is 3.28. The summed E-state index contributed by atoms with van der Waals surface area (Å²) in [6, 6.07) is 9.63. The minimum atomic E-state index is 0.579. The molecule has 4 nitrogen and oxygen atoms in total. The van der Waals surface area contributed by atoms with Crippen molar-refractivity contribution in [1.29, 1.82) is 0 Å². The number of benzene rings is 1. The van der Waals surface area contributed by atoms with Gasteiger partial charge < -0.3 is 5.43 Å². The van der Waals surface area contributed by atoms with Crippen molar-refractivity contribution >= 4 is 22.9 Å². The third-order valence-electron chi connectivity index (χ3n) is 2.00. The lowest BCUT2D eigenvalue weighted by atomic mass is 10.3. The van der Waals surface area contributed by atoms with Crippen LogP contribution in [-0.4, -0.2) is 10.8 Å². The van der Waals surface area contributed by atoms with Crippen LogP contribution in [-0.2, 0) is 0 Å². The highest BCUT2D eigenvalue weighted by atomic mass is 32.1. The number of thiazole rings is 1. The van der Waals surface area contributed by atoms with Gasteiger partial charge >= 0.3 is 0 Å². The molecule has 1 aromatic carbocycles. The second-order valence-corrected chi connectivity index (χ2v) is 4.25. The van der Waals surface area contributed by atoms with Crippen LogP contribution in [0.4, 0.5) is 5.69 Å². The Balaban J connectivity index is 2.33. The van der Waals surface area contributed by atoms with Crippen molar-refractivity contribution in [2.75, 3.05) is 0 Å². The summed E-state index contributed by atoms with van der Waals surface area (Å²) in [5.41, 5.74) is 4.19. The molecular formula is C11H12N4S. The Hall–Kier alpha value is -1.72. The third kappa shape index (κ3) is 2.44. The molecule has 0 radical (unpaired) electrons. The molecule has 5 heteroatoms. The lowest BCUT2D eigenvalue weighted by Crippen LogP contribution is -2.31. The number of hydrogen-bond donors (Lipinski definition) is 2. The van der Waals surface area contributed by atoms with E-state index in [4.69, 9.17) is 5.84 Å². The fraction of sp³-hybridized carbons (Fsp3) is 0.0909. The molecule has 0 spiro atoms. The standard InChI is InChI=1S/C11H12N4S/c1-8-13-10(7-16-8)11(15-12)14-9-5-3-2-4-6-9/h2-7H,12H2,1H3,(H,14,15). The van der Waals surface area contributed by atoms with Gasteiger partial charge in [-0.25, -0.2) is 15.8 Å². The first-order valence-corrected chi connectivity index (χ1v) is 5.70. The van der Waals surface area contributed by atoms with Gasteiger partial charge in [0.15, 0.2) is 5.84 Å². The van der Waals surface area contributed by atoms with Crippen molar-refractivity contribution in [3.8, 4) is 0 Å². The molecule has 0 amide bonds. The van der Waals surface area contributed by atoms with Gasteiger partial charge in [0.1, 0.15) is 5.69 Å². The van der Waals surface area contributed by atoms with E-state index in [2.05, 4.69) is 15.4 Å². The molecule has 0 unspecified atom stereocenters. The van der Waals surface area contributed by atoms with E-state index in [-0.39, 0.29) is 0 Å². The lowest BCUT2D eigenvalue weighted by Gasteiger charge is -2.01. The van der Waals surface area contributed by atoms with Crippen LogP contribution in [0.25, 0.3) is 0 Å². The molecule has 82 valence electrons. The molecule has 3 N–H and O–H groups in total. The number of aliphatic imine (C=N–C) groups is 1. The zero-order chi connectivity index (χ0) is 11.4. The van der Waals surface area contributed by atoms with Gasteiger partial charge in [0.2, 0.25) is 0 Å². The molecule has 0 aliphatic rings. The van der Waals surface area contributed by atoms with E-state index < -0.39 is 0 Å². The predicted octanol–water partition coefficient (Wildman–Crippen LogP) is 1.99. The Morgan fingerprint density at radius 1 is 1.38 bits per heavy atom. The normalized spacial score (nSPS) is 11.5. The van der Waals surface area contributed by atoms with E-state index >= 15 is 0 Å². The van der Waals surface area contributed by atoms with Gasteiger partial charge in [0, 0.05) is 5.38 Å². The maximum atomic E-state index is 5.45. The quantitative estimate of drug-likeness (QED) is 0.360. The van der Waals surface area contributed by atoms with Crippen LogP contribution in [0.2, 0.25) is 0 Å². The Morgan fingerprint density at radius 2 is 2.12 bits per heavy atom. The molecule has 0 aliphatic carbocycles. The average molecular weight is 232 g/mol. The van der Waals surface area contributed by atoms with Crippen molar-refractivity contribution in [2.45, 2.75) is 6.92 Å². The van der Waals surface area contributed by atoms with E-state index in [0.29, 0.717) is 5.84 Å². The number of hydrazine groups is 1. The number of amidine groups is 1. The fourth-order valence-corrected chi connectivity index (χ4v) is 1.86. The molecular weight excluding hydrogens is 220 g/mol. The molecule has 1 aromatic heterocycles. The van der Waals surface area contributed by atoms with E-state index in [0.717, 1.165) is 16.4 Å². The number of rotatable bonds is 2. The van der Waals surface area contributed by atoms with Crippen molar-refractivity contribution < 1.29 is 0 Å². The van der Waals surface area contributed by atoms with Crippen LogP contribution >= 0.6 is 11.3 Å². The van der Waals surface area contributed by atoms with Gasteiger partial charge in [-0.05, 0) is 19.1 Å². The fourth-order valence-electron chi connectivity index (χ4n) is 1.27. The van der Waals surface area contributed by atoms with Crippen LogP contribution in [0.5, 0.6) is 0 Å². The van der Waals surface area contributed by atoms with E-state index in [9.17, 15) is 0 Å². The number of aryl methyl sites for hydroxylation is 1. The van der Waals surface area contributed by atoms with Gasteiger partial charge in [-0.15, -0.1) is 11.3 Å².